The first-order valence-corrected chi connectivity index (χ1v) is 10.4. The molecule has 0 atom stereocenters. The van der Waals surface area contributed by atoms with Gasteiger partial charge in [-0.3, -0.25) is 4.90 Å². The first kappa shape index (κ1) is 19.0. The van der Waals surface area contributed by atoms with E-state index >= 15 is 0 Å². The van der Waals surface area contributed by atoms with Gasteiger partial charge in [-0.2, -0.15) is 0 Å². The predicted molar refractivity (Wildman–Crippen MR) is 113 cm³/mol. The third-order valence-electron chi connectivity index (χ3n) is 5.20. The maximum atomic E-state index is 12.9. The fraction of sp³-hybridized carbons (Fsp3) is 0.318. The standard InChI is InChI=1S/C22H23BrN2O3/c1-2-28-22(27)21-16-12-20(26)17(23)13-18(16)25(15-8-4-3-5-9-15)19(21)14-24-10-6-7-11-24/h3-5,8-9,12-13,26H,2,6-7,10-11,14H2,1H3. The van der Waals surface area contributed by atoms with Crippen LogP contribution in [0.25, 0.3) is 16.6 Å². The van der Waals surface area contributed by atoms with E-state index in [0.29, 0.717) is 28.6 Å². The molecule has 2 aromatic carbocycles. The van der Waals surface area contributed by atoms with E-state index in [-0.39, 0.29) is 11.7 Å². The zero-order valence-corrected chi connectivity index (χ0v) is 17.4. The minimum Gasteiger partial charge on any atom is -0.507 e. The van der Waals surface area contributed by atoms with Crippen LogP contribution in [0.1, 0.15) is 35.8 Å². The number of likely N-dealkylation sites (tertiary alicyclic amines) is 1. The fourth-order valence-corrected chi connectivity index (χ4v) is 4.29. The molecule has 1 aliphatic rings. The van der Waals surface area contributed by atoms with Gasteiger partial charge in [0.1, 0.15) is 5.75 Å². The number of esters is 1. The molecular weight excluding hydrogens is 420 g/mol. The summed E-state index contributed by atoms with van der Waals surface area (Å²) < 4.78 is 8.11. The minimum absolute atomic E-state index is 0.107. The third kappa shape index (κ3) is 3.42. The van der Waals surface area contributed by atoms with Crippen LogP contribution in [0, 0.1) is 0 Å². The number of halogens is 1. The molecule has 4 rings (SSSR count). The normalized spacial score (nSPS) is 14.6. The highest BCUT2D eigenvalue weighted by Crippen LogP contribution is 2.37. The molecule has 0 bridgehead atoms. The van der Waals surface area contributed by atoms with E-state index in [1.165, 1.54) is 12.8 Å². The second-order valence-electron chi connectivity index (χ2n) is 7.02. The van der Waals surface area contributed by atoms with Crippen LogP contribution in [0.5, 0.6) is 5.75 Å². The summed E-state index contributed by atoms with van der Waals surface area (Å²) in [5, 5.41) is 11.0. The Hall–Kier alpha value is -2.31. The maximum absolute atomic E-state index is 12.9. The van der Waals surface area contributed by atoms with Crippen LogP contribution in [-0.2, 0) is 11.3 Å². The van der Waals surface area contributed by atoms with Crippen molar-refractivity contribution in [1.29, 1.82) is 0 Å². The van der Waals surface area contributed by atoms with E-state index in [1.54, 1.807) is 6.07 Å². The summed E-state index contributed by atoms with van der Waals surface area (Å²) in [7, 11) is 0. The molecule has 0 amide bonds. The van der Waals surface area contributed by atoms with Crippen LogP contribution in [0.2, 0.25) is 0 Å². The van der Waals surface area contributed by atoms with E-state index in [0.717, 1.165) is 30.0 Å². The number of nitrogens with zero attached hydrogens (tertiary/aromatic N) is 2. The second-order valence-corrected chi connectivity index (χ2v) is 7.87. The number of fused-ring (bicyclic) bond motifs is 1. The lowest BCUT2D eigenvalue weighted by molar-refractivity contribution is 0.0526. The highest BCUT2D eigenvalue weighted by atomic mass is 79.9. The summed E-state index contributed by atoms with van der Waals surface area (Å²) in [6, 6.07) is 13.5. The molecule has 5 nitrogen and oxygen atoms in total. The fourth-order valence-electron chi connectivity index (χ4n) is 3.95. The predicted octanol–water partition coefficient (Wildman–Crippen LogP) is 4.87. The number of benzene rings is 2. The molecule has 0 spiro atoms. The minimum atomic E-state index is -0.349. The Morgan fingerprint density at radius 3 is 2.57 bits per heavy atom. The van der Waals surface area contributed by atoms with Gasteiger partial charge in [0.2, 0.25) is 0 Å². The molecule has 3 aromatic rings. The Morgan fingerprint density at radius 2 is 1.89 bits per heavy atom. The summed E-state index contributed by atoms with van der Waals surface area (Å²) in [6.07, 6.45) is 2.35. The number of aromatic hydroxyl groups is 1. The van der Waals surface area contributed by atoms with Crippen LogP contribution < -0.4 is 0 Å². The molecule has 146 valence electrons. The maximum Gasteiger partial charge on any atom is 0.340 e. The van der Waals surface area contributed by atoms with Gasteiger partial charge < -0.3 is 14.4 Å². The SMILES string of the molecule is CCOC(=O)c1c(CN2CCCC2)n(-c2ccccc2)c2cc(Br)c(O)cc12. The molecule has 0 aliphatic carbocycles. The number of rotatable bonds is 5. The number of ether oxygens (including phenoxy) is 1. The highest BCUT2D eigenvalue weighted by molar-refractivity contribution is 9.10. The van der Waals surface area contributed by atoms with Gasteiger partial charge in [-0.15, -0.1) is 0 Å². The van der Waals surface area contributed by atoms with E-state index in [4.69, 9.17) is 4.74 Å². The topological polar surface area (TPSA) is 54.7 Å². The summed E-state index contributed by atoms with van der Waals surface area (Å²) in [4.78, 5) is 15.3. The quantitative estimate of drug-likeness (QED) is 0.572. The van der Waals surface area contributed by atoms with E-state index in [2.05, 4.69) is 25.4 Å². The Balaban J connectivity index is 2.02. The van der Waals surface area contributed by atoms with Crippen molar-refractivity contribution in [3.05, 3.63) is 58.2 Å². The largest absolute Gasteiger partial charge is 0.507 e. The van der Waals surface area contributed by atoms with Gasteiger partial charge in [-0.05, 0) is 73.1 Å². The molecule has 0 saturated carbocycles. The van der Waals surface area contributed by atoms with Crippen LogP contribution in [0.15, 0.2) is 46.9 Å². The molecule has 1 fully saturated rings. The Labute approximate surface area is 172 Å². The molecule has 0 radical (unpaired) electrons. The Bertz CT molecular complexity index is 1010. The molecule has 28 heavy (non-hydrogen) atoms. The van der Waals surface area contributed by atoms with Crippen molar-refractivity contribution in [2.75, 3.05) is 19.7 Å². The summed E-state index contributed by atoms with van der Waals surface area (Å²) in [5.41, 5.74) is 3.29. The summed E-state index contributed by atoms with van der Waals surface area (Å²) in [6.45, 7) is 4.82. The van der Waals surface area contributed by atoms with Crippen LogP contribution >= 0.6 is 15.9 Å². The molecular formula is C22H23BrN2O3. The first-order chi connectivity index (χ1) is 13.6. The average molecular weight is 443 g/mol. The van der Waals surface area contributed by atoms with E-state index < -0.39 is 0 Å². The van der Waals surface area contributed by atoms with Crippen molar-refractivity contribution in [2.45, 2.75) is 26.3 Å². The molecule has 0 unspecified atom stereocenters. The summed E-state index contributed by atoms with van der Waals surface area (Å²) in [5.74, 6) is -0.242. The zero-order chi connectivity index (χ0) is 19.7. The third-order valence-corrected chi connectivity index (χ3v) is 5.84. The second kappa shape index (κ2) is 7.97. The first-order valence-electron chi connectivity index (χ1n) is 9.61. The lowest BCUT2D eigenvalue weighted by Crippen LogP contribution is -2.22. The van der Waals surface area contributed by atoms with Gasteiger partial charge in [0.15, 0.2) is 0 Å². The van der Waals surface area contributed by atoms with Crippen molar-refractivity contribution in [3.8, 4) is 11.4 Å². The molecule has 1 aromatic heterocycles. The lowest BCUT2D eigenvalue weighted by atomic mass is 10.1. The molecule has 1 saturated heterocycles. The van der Waals surface area contributed by atoms with Gasteiger partial charge in [-0.25, -0.2) is 4.79 Å². The van der Waals surface area contributed by atoms with Gasteiger partial charge in [0, 0.05) is 17.6 Å². The monoisotopic (exact) mass is 442 g/mol. The number of para-hydroxylation sites is 1. The summed E-state index contributed by atoms with van der Waals surface area (Å²) >= 11 is 3.42. The van der Waals surface area contributed by atoms with Crippen molar-refractivity contribution in [2.24, 2.45) is 0 Å². The zero-order valence-electron chi connectivity index (χ0n) is 15.8. The van der Waals surface area contributed by atoms with Crippen LogP contribution in [0.4, 0.5) is 0 Å². The number of phenolic OH excluding ortho intramolecular Hbond substituents is 1. The average Bonchev–Trinajstić information content (AvgIpc) is 3.29. The van der Waals surface area contributed by atoms with Crippen LogP contribution in [-0.4, -0.2) is 40.2 Å². The molecule has 1 N–H and O–H groups in total. The van der Waals surface area contributed by atoms with Gasteiger partial charge in [0.05, 0.1) is 27.9 Å². The van der Waals surface area contributed by atoms with Gasteiger partial charge >= 0.3 is 5.97 Å². The highest BCUT2D eigenvalue weighted by Gasteiger charge is 2.27. The van der Waals surface area contributed by atoms with Gasteiger partial charge in [-0.1, -0.05) is 18.2 Å². The van der Waals surface area contributed by atoms with Gasteiger partial charge in [0.25, 0.3) is 0 Å². The van der Waals surface area contributed by atoms with E-state index in [1.807, 2.05) is 43.3 Å². The van der Waals surface area contributed by atoms with E-state index in [9.17, 15) is 9.90 Å². The number of hydrogen-bond acceptors (Lipinski definition) is 4. The van der Waals surface area contributed by atoms with Crippen molar-refractivity contribution in [3.63, 3.8) is 0 Å². The van der Waals surface area contributed by atoms with Crippen molar-refractivity contribution in [1.82, 2.24) is 9.47 Å². The van der Waals surface area contributed by atoms with Crippen molar-refractivity contribution < 1.29 is 14.6 Å². The Morgan fingerprint density at radius 1 is 1.18 bits per heavy atom. The Kier molecular flexibility index (Phi) is 5.42. The molecule has 2 heterocycles. The lowest BCUT2D eigenvalue weighted by Gasteiger charge is -2.18. The molecule has 1 aliphatic heterocycles. The smallest absolute Gasteiger partial charge is 0.340 e. The molecule has 6 heteroatoms. The number of phenols is 1. The van der Waals surface area contributed by atoms with Crippen LogP contribution in [0.3, 0.4) is 0 Å². The number of aromatic nitrogens is 1. The number of hydrogen-bond donors (Lipinski definition) is 1. The number of carbonyl (C=O) groups is 1. The van der Waals surface area contributed by atoms with Crippen molar-refractivity contribution >= 4 is 32.8 Å². The number of carbonyl (C=O) groups excluding carboxylic acids is 1.